The number of benzene rings is 1. The Bertz CT molecular complexity index is 499. The van der Waals surface area contributed by atoms with Gasteiger partial charge < -0.3 is 10.4 Å². The van der Waals surface area contributed by atoms with E-state index in [1.165, 1.54) is 11.3 Å². The van der Waals surface area contributed by atoms with Crippen molar-refractivity contribution >= 4 is 17.0 Å². The van der Waals surface area contributed by atoms with E-state index in [1.54, 1.807) is 12.1 Å². The summed E-state index contributed by atoms with van der Waals surface area (Å²) in [5.74, 6) is 0. The van der Waals surface area contributed by atoms with Crippen molar-refractivity contribution in [1.82, 2.24) is 0 Å². The normalized spacial score (nSPS) is 11.8. The molecule has 0 amide bonds. The second-order valence-electron chi connectivity index (χ2n) is 3.60. The second kappa shape index (κ2) is 5.48. The van der Waals surface area contributed by atoms with E-state index >= 15 is 0 Å². The standard InChI is InChI=1S/C13H12N2OS/c14-8-10-3-5-11(6-4-10)15-9-12(16)13-2-1-7-17-13/h1-7,12,15-16H,9H2. The number of rotatable bonds is 4. The molecule has 0 bridgehead atoms. The molecule has 0 fully saturated rings. The highest BCUT2D eigenvalue weighted by atomic mass is 32.1. The van der Waals surface area contributed by atoms with Gasteiger partial charge in [0, 0.05) is 17.1 Å². The third kappa shape index (κ3) is 3.06. The number of thiophene rings is 1. The van der Waals surface area contributed by atoms with Crippen LogP contribution >= 0.6 is 11.3 Å². The molecule has 2 N–H and O–H groups in total. The van der Waals surface area contributed by atoms with Crippen LogP contribution in [0.4, 0.5) is 5.69 Å². The summed E-state index contributed by atoms with van der Waals surface area (Å²) in [5.41, 5.74) is 1.54. The summed E-state index contributed by atoms with van der Waals surface area (Å²) >= 11 is 1.54. The number of nitrogens with one attached hydrogen (secondary N) is 1. The first-order valence-electron chi connectivity index (χ1n) is 5.25. The maximum absolute atomic E-state index is 9.87. The van der Waals surface area contributed by atoms with Gasteiger partial charge in [-0.3, -0.25) is 0 Å². The van der Waals surface area contributed by atoms with Crippen molar-refractivity contribution in [2.24, 2.45) is 0 Å². The lowest BCUT2D eigenvalue weighted by Crippen LogP contribution is -2.10. The lowest BCUT2D eigenvalue weighted by molar-refractivity contribution is 0.195. The monoisotopic (exact) mass is 244 g/mol. The summed E-state index contributed by atoms with van der Waals surface area (Å²) in [6, 6.07) is 13.1. The fraction of sp³-hybridized carbons (Fsp3) is 0.154. The Balaban J connectivity index is 1.91. The van der Waals surface area contributed by atoms with Gasteiger partial charge in [0.25, 0.3) is 0 Å². The molecule has 0 aliphatic heterocycles. The van der Waals surface area contributed by atoms with E-state index in [4.69, 9.17) is 5.26 Å². The number of aliphatic hydroxyl groups is 1. The highest BCUT2D eigenvalue weighted by Gasteiger charge is 2.07. The minimum atomic E-state index is -0.495. The Morgan fingerprint density at radius 2 is 2.06 bits per heavy atom. The zero-order chi connectivity index (χ0) is 12.1. The fourth-order valence-electron chi connectivity index (χ4n) is 1.46. The number of aliphatic hydroxyl groups excluding tert-OH is 1. The predicted molar refractivity (Wildman–Crippen MR) is 68.9 cm³/mol. The average molecular weight is 244 g/mol. The molecule has 2 aromatic rings. The smallest absolute Gasteiger partial charge is 0.105 e. The Morgan fingerprint density at radius 3 is 2.65 bits per heavy atom. The van der Waals surface area contributed by atoms with E-state index < -0.39 is 6.10 Å². The Kier molecular flexibility index (Phi) is 3.76. The van der Waals surface area contributed by atoms with Crippen molar-refractivity contribution in [3.63, 3.8) is 0 Å². The van der Waals surface area contributed by atoms with E-state index in [0.717, 1.165) is 10.6 Å². The molecule has 1 heterocycles. The molecular weight excluding hydrogens is 232 g/mol. The number of nitrogens with zero attached hydrogens (tertiary/aromatic N) is 1. The van der Waals surface area contributed by atoms with Crippen LogP contribution in [0.5, 0.6) is 0 Å². The van der Waals surface area contributed by atoms with E-state index in [0.29, 0.717) is 12.1 Å². The van der Waals surface area contributed by atoms with Gasteiger partial charge in [0.05, 0.1) is 11.6 Å². The highest BCUT2D eigenvalue weighted by molar-refractivity contribution is 7.10. The first kappa shape index (κ1) is 11.6. The fourth-order valence-corrected chi connectivity index (χ4v) is 2.17. The van der Waals surface area contributed by atoms with Crippen LogP contribution in [-0.4, -0.2) is 11.7 Å². The SMILES string of the molecule is N#Cc1ccc(NCC(O)c2cccs2)cc1. The summed E-state index contributed by atoms with van der Waals surface area (Å²) in [4.78, 5) is 0.950. The molecule has 0 aliphatic rings. The van der Waals surface area contributed by atoms with E-state index in [2.05, 4.69) is 11.4 Å². The molecule has 17 heavy (non-hydrogen) atoms. The lowest BCUT2D eigenvalue weighted by Gasteiger charge is -2.11. The van der Waals surface area contributed by atoms with Crippen molar-refractivity contribution in [2.75, 3.05) is 11.9 Å². The Hall–Kier alpha value is -1.83. The first-order valence-corrected chi connectivity index (χ1v) is 6.13. The van der Waals surface area contributed by atoms with Crippen LogP contribution in [0.15, 0.2) is 41.8 Å². The van der Waals surface area contributed by atoms with Gasteiger partial charge >= 0.3 is 0 Å². The molecule has 0 spiro atoms. The number of anilines is 1. The molecule has 0 radical (unpaired) electrons. The summed E-state index contributed by atoms with van der Waals surface area (Å²) in [6.07, 6.45) is -0.495. The summed E-state index contributed by atoms with van der Waals surface area (Å²) in [7, 11) is 0. The van der Waals surface area contributed by atoms with Crippen LogP contribution in [0.3, 0.4) is 0 Å². The lowest BCUT2D eigenvalue weighted by atomic mass is 10.2. The minimum Gasteiger partial charge on any atom is -0.386 e. The van der Waals surface area contributed by atoms with Crippen molar-refractivity contribution in [1.29, 1.82) is 5.26 Å². The van der Waals surface area contributed by atoms with Crippen LogP contribution in [0.1, 0.15) is 16.5 Å². The molecular formula is C13H12N2OS. The van der Waals surface area contributed by atoms with Gasteiger partial charge in [0.1, 0.15) is 6.10 Å². The van der Waals surface area contributed by atoms with E-state index in [-0.39, 0.29) is 0 Å². The molecule has 2 rings (SSSR count). The molecule has 1 aromatic carbocycles. The molecule has 0 aliphatic carbocycles. The van der Waals surface area contributed by atoms with Crippen molar-refractivity contribution in [2.45, 2.75) is 6.10 Å². The molecule has 4 heteroatoms. The van der Waals surface area contributed by atoms with Gasteiger partial charge in [-0.05, 0) is 35.7 Å². The van der Waals surface area contributed by atoms with Gasteiger partial charge in [0.2, 0.25) is 0 Å². The van der Waals surface area contributed by atoms with Crippen LogP contribution in [0.25, 0.3) is 0 Å². The number of hydrogen-bond acceptors (Lipinski definition) is 4. The zero-order valence-electron chi connectivity index (χ0n) is 9.13. The third-order valence-corrected chi connectivity index (χ3v) is 3.36. The van der Waals surface area contributed by atoms with Gasteiger partial charge in [-0.1, -0.05) is 6.07 Å². The Labute approximate surface area is 104 Å². The molecule has 3 nitrogen and oxygen atoms in total. The maximum Gasteiger partial charge on any atom is 0.105 e. The quantitative estimate of drug-likeness (QED) is 0.869. The molecule has 1 aromatic heterocycles. The molecule has 86 valence electrons. The summed E-state index contributed by atoms with van der Waals surface area (Å²) < 4.78 is 0. The zero-order valence-corrected chi connectivity index (χ0v) is 9.95. The predicted octanol–water partition coefficient (Wildman–Crippen LogP) is 2.77. The number of nitriles is 1. The third-order valence-electron chi connectivity index (χ3n) is 2.39. The second-order valence-corrected chi connectivity index (χ2v) is 4.58. The summed E-state index contributed by atoms with van der Waals surface area (Å²) in [6.45, 7) is 0.465. The topological polar surface area (TPSA) is 56.0 Å². The number of hydrogen-bond donors (Lipinski definition) is 2. The van der Waals surface area contributed by atoms with Gasteiger partial charge in [-0.2, -0.15) is 5.26 Å². The van der Waals surface area contributed by atoms with Gasteiger partial charge in [0.15, 0.2) is 0 Å². The molecule has 0 saturated heterocycles. The van der Waals surface area contributed by atoms with Crippen molar-refractivity contribution in [3.05, 3.63) is 52.2 Å². The maximum atomic E-state index is 9.87. The molecule has 0 saturated carbocycles. The van der Waals surface area contributed by atoms with Crippen molar-refractivity contribution in [3.8, 4) is 6.07 Å². The van der Waals surface area contributed by atoms with Crippen LogP contribution in [0, 0.1) is 11.3 Å². The van der Waals surface area contributed by atoms with E-state index in [1.807, 2.05) is 29.6 Å². The van der Waals surface area contributed by atoms with E-state index in [9.17, 15) is 5.11 Å². The average Bonchev–Trinajstić information content (AvgIpc) is 2.90. The largest absolute Gasteiger partial charge is 0.386 e. The van der Waals surface area contributed by atoms with Gasteiger partial charge in [-0.25, -0.2) is 0 Å². The van der Waals surface area contributed by atoms with Crippen LogP contribution in [-0.2, 0) is 0 Å². The Morgan fingerprint density at radius 1 is 1.29 bits per heavy atom. The molecule has 1 atom stereocenters. The van der Waals surface area contributed by atoms with Gasteiger partial charge in [-0.15, -0.1) is 11.3 Å². The summed E-state index contributed by atoms with van der Waals surface area (Å²) in [5, 5.41) is 23.6. The van der Waals surface area contributed by atoms with Crippen LogP contribution < -0.4 is 5.32 Å². The minimum absolute atomic E-state index is 0.465. The van der Waals surface area contributed by atoms with Crippen LogP contribution in [0.2, 0.25) is 0 Å². The van der Waals surface area contributed by atoms with Crippen molar-refractivity contribution < 1.29 is 5.11 Å². The first-order chi connectivity index (χ1) is 8.29. The highest BCUT2D eigenvalue weighted by Crippen LogP contribution is 2.19. The molecule has 1 unspecified atom stereocenters.